The first-order valence-corrected chi connectivity index (χ1v) is 10.8. The summed E-state index contributed by atoms with van der Waals surface area (Å²) in [7, 11) is 0. The number of amides is 1. The molecule has 1 N–H and O–H groups in total. The molecule has 2 aliphatic heterocycles. The molecule has 0 aliphatic carbocycles. The number of H-pyrrole nitrogens is 1. The van der Waals surface area contributed by atoms with Crippen molar-refractivity contribution in [1.29, 1.82) is 0 Å². The minimum absolute atomic E-state index is 0.0536. The van der Waals surface area contributed by atoms with Gasteiger partial charge in [-0.25, -0.2) is 0 Å². The lowest BCUT2D eigenvalue weighted by atomic mass is 10.0. The molecular formula is C23H29F3N4O. The molecule has 3 heterocycles. The van der Waals surface area contributed by atoms with Crippen molar-refractivity contribution in [2.45, 2.75) is 38.9 Å². The molecule has 0 spiro atoms. The smallest absolute Gasteiger partial charge is 0.369 e. The van der Waals surface area contributed by atoms with Gasteiger partial charge in [0, 0.05) is 56.7 Å². The summed E-state index contributed by atoms with van der Waals surface area (Å²) in [5.41, 5.74) is 2.64. The van der Waals surface area contributed by atoms with Crippen LogP contribution in [0.25, 0.3) is 0 Å². The number of carbonyl (C=O) groups excluding carboxylic acids is 1. The summed E-state index contributed by atoms with van der Waals surface area (Å²) >= 11 is 0. The fourth-order valence-electron chi connectivity index (χ4n) is 4.77. The van der Waals surface area contributed by atoms with Gasteiger partial charge in [0.2, 0.25) is 0 Å². The first kappa shape index (κ1) is 21.7. The Balaban J connectivity index is 1.37. The van der Waals surface area contributed by atoms with Crippen molar-refractivity contribution in [3.05, 3.63) is 52.8 Å². The zero-order valence-electron chi connectivity index (χ0n) is 18.0. The van der Waals surface area contributed by atoms with Crippen LogP contribution in [0, 0.1) is 13.8 Å². The summed E-state index contributed by atoms with van der Waals surface area (Å²) in [6, 6.07) is 7.84. The number of halogens is 3. The van der Waals surface area contributed by atoms with Crippen molar-refractivity contribution in [3.8, 4) is 0 Å². The van der Waals surface area contributed by atoms with Crippen molar-refractivity contribution in [3.63, 3.8) is 0 Å². The number of likely N-dealkylation sites (tertiary alicyclic amines) is 1. The third-order valence-corrected chi connectivity index (χ3v) is 6.42. The van der Waals surface area contributed by atoms with Gasteiger partial charge in [-0.05, 0) is 56.5 Å². The van der Waals surface area contributed by atoms with Crippen LogP contribution in [0.2, 0.25) is 0 Å². The zero-order chi connectivity index (χ0) is 22.2. The molecule has 1 aromatic heterocycles. The van der Waals surface area contributed by atoms with E-state index in [4.69, 9.17) is 0 Å². The number of alkyl halides is 3. The molecule has 0 radical (unpaired) electrons. The highest BCUT2D eigenvalue weighted by Crippen LogP contribution is 2.32. The van der Waals surface area contributed by atoms with Crippen molar-refractivity contribution in [2.75, 3.05) is 44.2 Å². The van der Waals surface area contributed by atoms with E-state index in [1.54, 1.807) is 6.07 Å². The molecule has 2 aliphatic rings. The number of nitrogens with one attached hydrogen (secondary N) is 1. The second-order valence-corrected chi connectivity index (χ2v) is 8.63. The van der Waals surface area contributed by atoms with Gasteiger partial charge >= 0.3 is 6.18 Å². The maximum absolute atomic E-state index is 13.0. The predicted octanol–water partition coefficient (Wildman–Crippen LogP) is 4.08. The van der Waals surface area contributed by atoms with E-state index in [0.717, 1.165) is 49.8 Å². The Labute approximate surface area is 180 Å². The largest absolute Gasteiger partial charge is 0.416 e. The molecule has 2 aromatic rings. The number of anilines is 1. The van der Waals surface area contributed by atoms with Gasteiger partial charge in [-0.2, -0.15) is 13.2 Å². The van der Waals surface area contributed by atoms with E-state index >= 15 is 0 Å². The van der Waals surface area contributed by atoms with E-state index in [1.807, 2.05) is 29.7 Å². The first-order chi connectivity index (χ1) is 14.7. The van der Waals surface area contributed by atoms with Crippen LogP contribution in [0.15, 0.2) is 30.3 Å². The second-order valence-electron chi connectivity index (χ2n) is 8.63. The molecule has 2 saturated heterocycles. The Kier molecular flexibility index (Phi) is 6.01. The van der Waals surface area contributed by atoms with Crippen LogP contribution in [0.5, 0.6) is 0 Å². The SMILES string of the molecule is Cc1cc(C)c(C(=O)N2CCCC(N3CCN(c4cccc(C(F)(F)F)c4)CC3)C2)[nH]1. The van der Waals surface area contributed by atoms with Crippen LogP contribution in [-0.2, 0) is 6.18 Å². The number of piperazine rings is 1. The monoisotopic (exact) mass is 434 g/mol. The van der Waals surface area contributed by atoms with Gasteiger partial charge in [-0.1, -0.05) is 6.07 Å². The maximum atomic E-state index is 13.0. The second kappa shape index (κ2) is 8.57. The molecular weight excluding hydrogens is 405 g/mol. The summed E-state index contributed by atoms with van der Waals surface area (Å²) in [6.07, 6.45) is -2.33. The molecule has 1 atom stereocenters. The third-order valence-electron chi connectivity index (χ3n) is 6.42. The molecule has 0 saturated carbocycles. The summed E-state index contributed by atoms with van der Waals surface area (Å²) in [4.78, 5) is 22.5. The number of aromatic amines is 1. The molecule has 31 heavy (non-hydrogen) atoms. The Bertz CT molecular complexity index is 931. The van der Waals surface area contributed by atoms with E-state index in [-0.39, 0.29) is 11.9 Å². The number of hydrogen-bond donors (Lipinski definition) is 1. The quantitative estimate of drug-likeness (QED) is 0.792. The number of hydrogen-bond acceptors (Lipinski definition) is 3. The van der Waals surface area contributed by atoms with Crippen molar-refractivity contribution < 1.29 is 18.0 Å². The van der Waals surface area contributed by atoms with Gasteiger partial charge in [0.25, 0.3) is 5.91 Å². The van der Waals surface area contributed by atoms with Gasteiger partial charge in [0.1, 0.15) is 5.69 Å². The molecule has 4 rings (SSSR count). The summed E-state index contributed by atoms with van der Waals surface area (Å²) in [5, 5.41) is 0. The van der Waals surface area contributed by atoms with Gasteiger partial charge in [-0.3, -0.25) is 9.69 Å². The first-order valence-electron chi connectivity index (χ1n) is 10.8. The lowest BCUT2D eigenvalue weighted by Crippen LogP contribution is -2.56. The van der Waals surface area contributed by atoms with Crippen molar-refractivity contribution >= 4 is 11.6 Å². The van der Waals surface area contributed by atoms with Gasteiger partial charge in [-0.15, -0.1) is 0 Å². The van der Waals surface area contributed by atoms with Crippen LogP contribution >= 0.6 is 0 Å². The van der Waals surface area contributed by atoms with Crippen molar-refractivity contribution in [1.82, 2.24) is 14.8 Å². The van der Waals surface area contributed by atoms with E-state index < -0.39 is 11.7 Å². The summed E-state index contributed by atoms with van der Waals surface area (Å²) in [6.45, 7) is 8.28. The Hall–Kier alpha value is -2.48. The summed E-state index contributed by atoms with van der Waals surface area (Å²) in [5.74, 6) is 0.0536. The molecule has 1 amide bonds. The molecule has 8 heteroatoms. The van der Waals surface area contributed by atoms with Gasteiger partial charge in [0.15, 0.2) is 0 Å². The van der Waals surface area contributed by atoms with E-state index in [1.165, 1.54) is 12.1 Å². The Morgan fingerprint density at radius 2 is 1.81 bits per heavy atom. The van der Waals surface area contributed by atoms with E-state index in [0.29, 0.717) is 31.0 Å². The maximum Gasteiger partial charge on any atom is 0.416 e. The molecule has 1 aromatic carbocycles. The van der Waals surface area contributed by atoms with Crippen LogP contribution < -0.4 is 4.90 Å². The minimum Gasteiger partial charge on any atom is -0.369 e. The van der Waals surface area contributed by atoms with Crippen molar-refractivity contribution in [2.24, 2.45) is 0 Å². The number of rotatable bonds is 3. The standard InChI is InChI=1S/C23H29F3N4O/c1-16-13-17(2)27-21(16)22(31)30-8-4-7-20(15-30)29-11-9-28(10-12-29)19-6-3-5-18(14-19)23(24,25)26/h3,5-6,13-14,20,27H,4,7-12,15H2,1-2H3. The van der Waals surface area contributed by atoms with Gasteiger partial charge < -0.3 is 14.8 Å². The van der Waals surface area contributed by atoms with Gasteiger partial charge in [0.05, 0.1) is 5.56 Å². The number of piperidine rings is 1. The molecule has 2 fully saturated rings. The molecule has 5 nitrogen and oxygen atoms in total. The van der Waals surface area contributed by atoms with Crippen LogP contribution in [0.4, 0.5) is 18.9 Å². The Morgan fingerprint density at radius 1 is 1.06 bits per heavy atom. The topological polar surface area (TPSA) is 42.6 Å². The predicted molar refractivity (Wildman–Crippen MR) is 114 cm³/mol. The molecule has 0 bridgehead atoms. The number of aromatic nitrogens is 1. The average molecular weight is 435 g/mol. The normalized spacial score (nSPS) is 20.9. The minimum atomic E-state index is -4.33. The number of carbonyl (C=O) groups is 1. The number of nitrogens with zero attached hydrogens (tertiary/aromatic N) is 3. The zero-order valence-corrected chi connectivity index (χ0v) is 18.0. The Morgan fingerprint density at radius 3 is 2.45 bits per heavy atom. The fraction of sp³-hybridized carbons (Fsp3) is 0.522. The number of benzene rings is 1. The van der Waals surface area contributed by atoms with Crippen LogP contribution in [0.3, 0.4) is 0 Å². The highest BCUT2D eigenvalue weighted by atomic mass is 19.4. The average Bonchev–Trinajstić information content (AvgIpc) is 3.11. The fourth-order valence-corrected chi connectivity index (χ4v) is 4.77. The van der Waals surface area contributed by atoms with Crippen LogP contribution in [0.1, 0.15) is 40.2 Å². The highest BCUT2D eigenvalue weighted by Gasteiger charge is 2.33. The van der Waals surface area contributed by atoms with E-state index in [9.17, 15) is 18.0 Å². The molecule has 168 valence electrons. The summed E-state index contributed by atoms with van der Waals surface area (Å²) < 4.78 is 39.1. The van der Waals surface area contributed by atoms with Crippen LogP contribution in [-0.4, -0.2) is 66.0 Å². The lowest BCUT2D eigenvalue weighted by molar-refractivity contribution is -0.137. The van der Waals surface area contributed by atoms with E-state index in [2.05, 4.69) is 9.88 Å². The molecule has 1 unspecified atom stereocenters. The lowest BCUT2D eigenvalue weighted by Gasteiger charge is -2.44. The number of aryl methyl sites for hydroxylation is 2. The third kappa shape index (κ3) is 4.74. The highest BCUT2D eigenvalue weighted by molar-refractivity contribution is 5.94.